The van der Waals surface area contributed by atoms with Crippen molar-refractivity contribution in [2.24, 2.45) is 0 Å². The Balaban J connectivity index is 0.000000704. The molecule has 0 aliphatic heterocycles. The Morgan fingerprint density at radius 2 is 1.80 bits per heavy atom. The summed E-state index contributed by atoms with van der Waals surface area (Å²) in [7, 11) is 0. The molecule has 1 N–H and O–H groups in total. The van der Waals surface area contributed by atoms with E-state index in [4.69, 9.17) is 0 Å². The van der Waals surface area contributed by atoms with Gasteiger partial charge in [-0.05, 0) is 42.9 Å². The Morgan fingerprint density at radius 3 is 2.45 bits per heavy atom. The molecule has 2 aromatic rings. The molecule has 104 valence electrons. The standard InChI is InChI=1S/C16H15NO.C2H6/c1-3-6-11-10(2)9-14-12-7-4-5-8-13(12)16(18)17-15(11)14;1-2/h3-8H,9H2,1-2H3,(H,17,18);1-2H3/b6-3-;. The van der Waals surface area contributed by atoms with Crippen LogP contribution in [0, 0.1) is 0 Å². The second kappa shape index (κ2) is 5.91. The summed E-state index contributed by atoms with van der Waals surface area (Å²) >= 11 is 0. The minimum atomic E-state index is 0.000975. The molecular weight excluding hydrogens is 246 g/mol. The van der Waals surface area contributed by atoms with Gasteiger partial charge in [0.05, 0.1) is 5.69 Å². The largest absolute Gasteiger partial charge is 0.321 e. The van der Waals surface area contributed by atoms with Crippen molar-refractivity contribution in [2.75, 3.05) is 0 Å². The van der Waals surface area contributed by atoms with Crippen LogP contribution in [0.15, 0.2) is 46.8 Å². The van der Waals surface area contributed by atoms with E-state index in [0.717, 1.165) is 28.5 Å². The fraction of sp³-hybridized carbons (Fsp3) is 0.278. The quantitative estimate of drug-likeness (QED) is 0.813. The number of pyridine rings is 1. The SMILES string of the molecule is C/C=C\C1=C(C)Cc2c1[nH]c(=O)c1ccccc21.CC. The number of benzene rings is 1. The van der Waals surface area contributed by atoms with E-state index in [0.29, 0.717) is 0 Å². The first kappa shape index (κ1) is 14.3. The first-order chi connectivity index (χ1) is 9.72. The van der Waals surface area contributed by atoms with Crippen molar-refractivity contribution >= 4 is 16.3 Å². The zero-order chi connectivity index (χ0) is 14.7. The van der Waals surface area contributed by atoms with Crippen molar-refractivity contribution in [3.8, 4) is 0 Å². The number of nitrogens with one attached hydrogen (secondary N) is 1. The zero-order valence-corrected chi connectivity index (χ0v) is 12.6. The predicted octanol–water partition coefficient (Wildman–Crippen LogP) is 4.46. The maximum absolute atomic E-state index is 12.1. The fourth-order valence-corrected chi connectivity index (χ4v) is 2.71. The highest BCUT2D eigenvalue weighted by molar-refractivity contribution is 5.93. The van der Waals surface area contributed by atoms with Crippen LogP contribution in [0.25, 0.3) is 16.3 Å². The molecule has 0 saturated heterocycles. The molecule has 0 atom stereocenters. The number of hydrogen-bond donors (Lipinski definition) is 1. The van der Waals surface area contributed by atoms with Crippen LogP contribution in [0.2, 0.25) is 0 Å². The number of H-pyrrole nitrogens is 1. The third-order valence-corrected chi connectivity index (χ3v) is 3.54. The highest BCUT2D eigenvalue weighted by atomic mass is 16.1. The lowest BCUT2D eigenvalue weighted by atomic mass is 10.0. The van der Waals surface area contributed by atoms with Gasteiger partial charge in [-0.1, -0.05) is 49.8 Å². The lowest BCUT2D eigenvalue weighted by Gasteiger charge is -2.06. The third kappa shape index (κ3) is 2.22. The van der Waals surface area contributed by atoms with Gasteiger partial charge < -0.3 is 4.98 Å². The molecule has 0 bridgehead atoms. The highest BCUT2D eigenvalue weighted by Crippen LogP contribution is 2.34. The molecule has 0 fully saturated rings. The summed E-state index contributed by atoms with van der Waals surface area (Å²) in [5, 5.41) is 1.86. The van der Waals surface area contributed by atoms with Crippen LogP contribution in [0.1, 0.15) is 39.0 Å². The van der Waals surface area contributed by atoms with E-state index in [2.05, 4.69) is 18.0 Å². The summed E-state index contributed by atoms with van der Waals surface area (Å²) in [6.07, 6.45) is 5.01. The van der Waals surface area contributed by atoms with E-state index in [9.17, 15) is 4.79 Å². The van der Waals surface area contributed by atoms with Crippen molar-refractivity contribution in [3.63, 3.8) is 0 Å². The summed E-state index contributed by atoms with van der Waals surface area (Å²) < 4.78 is 0. The molecule has 0 saturated carbocycles. The van der Waals surface area contributed by atoms with Gasteiger partial charge in [0, 0.05) is 5.39 Å². The Labute approximate surface area is 119 Å². The zero-order valence-electron chi connectivity index (χ0n) is 12.6. The van der Waals surface area contributed by atoms with Gasteiger partial charge >= 0.3 is 0 Å². The van der Waals surface area contributed by atoms with Crippen molar-refractivity contribution in [1.82, 2.24) is 4.98 Å². The van der Waals surface area contributed by atoms with Crippen LogP contribution < -0.4 is 5.56 Å². The molecule has 2 heteroatoms. The lowest BCUT2D eigenvalue weighted by Crippen LogP contribution is -2.10. The Kier molecular flexibility index (Phi) is 4.23. The summed E-state index contributed by atoms with van der Waals surface area (Å²) in [5.41, 5.74) is 4.72. The number of fused-ring (bicyclic) bond motifs is 3. The molecule has 1 aromatic carbocycles. The first-order valence-electron chi connectivity index (χ1n) is 7.19. The highest BCUT2D eigenvalue weighted by Gasteiger charge is 2.20. The summed E-state index contributed by atoms with van der Waals surface area (Å²) in [6.45, 7) is 8.12. The average Bonchev–Trinajstić information content (AvgIpc) is 2.79. The molecule has 1 heterocycles. The van der Waals surface area contributed by atoms with Gasteiger partial charge in [0.15, 0.2) is 0 Å². The minimum Gasteiger partial charge on any atom is -0.321 e. The van der Waals surface area contributed by atoms with Crippen LogP contribution in [-0.2, 0) is 6.42 Å². The molecule has 0 amide bonds. The smallest absolute Gasteiger partial charge is 0.256 e. The lowest BCUT2D eigenvalue weighted by molar-refractivity contribution is 1.16. The summed E-state index contributed by atoms with van der Waals surface area (Å²) in [4.78, 5) is 15.1. The van der Waals surface area contributed by atoms with Gasteiger partial charge in [0.1, 0.15) is 0 Å². The Hall–Kier alpha value is -2.09. The van der Waals surface area contributed by atoms with E-state index in [1.807, 2.05) is 51.1 Å². The van der Waals surface area contributed by atoms with Gasteiger partial charge in [-0.2, -0.15) is 0 Å². The molecule has 20 heavy (non-hydrogen) atoms. The third-order valence-electron chi connectivity index (χ3n) is 3.54. The van der Waals surface area contributed by atoms with Crippen LogP contribution in [0.5, 0.6) is 0 Å². The van der Waals surface area contributed by atoms with E-state index >= 15 is 0 Å². The van der Waals surface area contributed by atoms with E-state index in [-0.39, 0.29) is 5.56 Å². The van der Waals surface area contributed by atoms with Crippen LogP contribution in [-0.4, -0.2) is 4.98 Å². The van der Waals surface area contributed by atoms with E-state index in [1.54, 1.807) is 0 Å². The second-order valence-corrected chi connectivity index (χ2v) is 4.72. The molecule has 1 aliphatic rings. The molecule has 0 spiro atoms. The molecule has 0 radical (unpaired) electrons. The molecule has 2 nitrogen and oxygen atoms in total. The molecule has 3 rings (SSSR count). The first-order valence-corrected chi connectivity index (χ1v) is 7.19. The number of allylic oxidation sites excluding steroid dienone is 4. The molecule has 1 aromatic heterocycles. The monoisotopic (exact) mass is 267 g/mol. The number of hydrogen-bond acceptors (Lipinski definition) is 1. The van der Waals surface area contributed by atoms with Crippen LogP contribution >= 0.6 is 0 Å². The van der Waals surface area contributed by atoms with Gasteiger partial charge in [0.25, 0.3) is 5.56 Å². The van der Waals surface area contributed by atoms with Crippen molar-refractivity contribution in [3.05, 3.63) is 63.6 Å². The maximum atomic E-state index is 12.1. The van der Waals surface area contributed by atoms with Crippen molar-refractivity contribution < 1.29 is 0 Å². The van der Waals surface area contributed by atoms with E-state index in [1.165, 1.54) is 11.1 Å². The molecule has 0 unspecified atom stereocenters. The number of aromatic amines is 1. The van der Waals surface area contributed by atoms with Gasteiger partial charge in [-0.3, -0.25) is 4.79 Å². The topological polar surface area (TPSA) is 32.9 Å². The van der Waals surface area contributed by atoms with Crippen LogP contribution in [0.3, 0.4) is 0 Å². The van der Waals surface area contributed by atoms with Crippen molar-refractivity contribution in [2.45, 2.75) is 34.1 Å². The Bertz CT molecular complexity index is 748. The minimum absolute atomic E-state index is 0.000975. The Morgan fingerprint density at radius 1 is 1.15 bits per heavy atom. The molecular formula is C18H21NO. The van der Waals surface area contributed by atoms with Gasteiger partial charge in [0.2, 0.25) is 0 Å². The second-order valence-electron chi connectivity index (χ2n) is 4.72. The summed E-state index contributed by atoms with van der Waals surface area (Å²) in [6, 6.07) is 7.82. The number of rotatable bonds is 1. The fourth-order valence-electron chi connectivity index (χ4n) is 2.71. The summed E-state index contributed by atoms with van der Waals surface area (Å²) in [5.74, 6) is 0. The van der Waals surface area contributed by atoms with Crippen LogP contribution in [0.4, 0.5) is 0 Å². The van der Waals surface area contributed by atoms with Crippen molar-refractivity contribution in [1.29, 1.82) is 0 Å². The number of aromatic nitrogens is 1. The van der Waals surface area contributed by atoms with Gasteiger partial charge in [-0.25, -0.2) is 0 Å². The van der Waals surface area contributed by atoms with Gasteiger partial charge in [-0.15, -0.1) is 0 Å². The maximum Gasteiger partial charge on any atom is 0.256 e. The normalized spacial score (nSPS) is 13.6. The average molecular weight is 267 g/mol. The predicted molar refractivity (Wildman–Crippen MR) is 87.0 cm³/mol. The van der Waals surface area contributed by atoms with E-state index < -0.39 is 0 Å². The molecule has 1 aliphatic carbocycles.